The molecule has 2 aliphatic rings. The van der Waals surface area contributed by atoms with Crippen molar-refractivity contribution in [2.24, 2.45) is 11.8 Å². The van der Waals surface area contributed by atoms with Gasteiger partial charge in [0.1, 0.15) is 6.29 Å². The molecule has 0 aromatic heterocycles. The van der Waals surface area contributed by atoms with Gasteiger partial charge in [0.25, 0.3) is 0 Å². The first-order valence-electron chi connectivity index (χ1n) is 4.27. The maximum atomic E-state index is 10.7. The highest BCUT2D eigenvalue weighted by molar-refractivity contribution is 6.27. The highest BCUT2D eigenvalue weighted by Crippen LogP contribution is 2.49. The van der Waals surface area contributed by atoms with Crippen molar-refractivity contribution in [3.8, 4) is 0 Å². The van der Waals surface area contributed by atoms with Crippen molar-refractivity contribution in [2.75, 3.05) is 0 Å². The fourth-order valence-electron chi connectivity index (χ4n) is 1.73. The summed E-state index contributed by atoms with van der Waals surface area (Å²) in [4.78, 5) is 10.3. The van der Waals surface area contributed by atoms with Crippen LogP contribution in [-0.4, -0.2) is 11.2 Å². The van der Waals surface area contributed by atoms with E-state index < -0.39 is 4.87 Å². The number of alkyl halides is 1. The van der Waals surface area contributed by atoms with E-state index in [1.807, 2.05) is 24.3 Å². The van der Waals surface area contributed by atoms with Gasteiger partial charge in [-0.05, 0) is 18.8 Å². The molecule has 0 bridgehead atoms. The average Bonchev–Trinajstić information content (AvgIpc) is 2.87. The Morgan fingerprint density at radius 1 is 1.42 bits per heavy atom. The largest absolute Gasteiger partial charge is 0.303 e. The summed E-state index contributed by atoms with van der Waals surface area (Å²) >= 11 is 6.37. The van der Waals surface area contributed by atoms with Gasteiger partial charge in [-0.2, -0.15) is 0 Å². The molecule has 2 heteroatoms. The van der Waals surface area contributed by atoms with Crippen LogP contribution in [0, 0.1) is 11.8 Å². The maximum Gasteiger partial charge on any atom is 0.128 e. The molecule has 2 rings (SSSR count). The van der Waals surface area contributed by atoms with Gasteiger partial charge in [0.15, 0.2) is 0 Å². The Balaban J connectivity index is 2.26. The molecule has 0 heterocycles. The Hall–Kier alpha value is -0.560. The number of carbonyl (C=O) groups excluding carboxylic acids is 1. The highest BCUT2D eigenvalue weighted by atomic mass is 35.5. The van der Waals surface area contributed by atoms with Crippen LogP contribution in [-0.2, 0) is 4.79 Å². The van der Waals surface area contributed by atoms with E-state index in [2.05, 4.69) is 0 Å². The molecule has 0 amide bonds. The van der Waals surface area contributed by atoms with Crippen molar-refractivity contribution in [2.45, 2.75) is 17.7 Å². The second-order valence-electron chi connectivity index (χ2n) is 3.51. The third-order valence-corrected chi connectivity index (χ3v) is 3.33. The molecular formula is C10H11ClO. The molecule has 0 spiro atoms. The Labute approximate surface area is 77.1 Å². The molecule has 64 valence electrons. The molecule has 0 aromatic carbocycles. The van der Waals surface area contributed by atoms with Crippen LogP contribution >= 0.6 is 11.6 Å². The van der Waals surface area contributed by atoms with E-state index in [4.69, 9.17) is 11.6 Å². The third-order valence-electron chi connectivity index (χ3n) is 2.64. The number of halogens is 1. The molecule has 0 aliphatic heterocycles. The number of carbonyl (C=O) groups is 1. The summed E-state index contributed by atoms with van der Waals surface area (Å²) in [6, 6.07) is 0. The summed E-state index contributed by atoms with van der Waals surface area (Å²) in [5.41, 5.74) is 0. The van der Waals surface area contributed by atoms with Crippen LogP contribution in [0.1, 0.15) is 12.8 Å². The molecule has 1 saturated carbocycles. The molecule has 1 fully saturated rings. The van der Waals surface area contributed by atoms with Crippen LogP contribution in [0.25, 0.3) is 0 Å². The van der Waals surface area contributed by atoms with E-state index in [0.29, 0.717) is 5.92 Å². The minimum atomic E-state index is -0.406. The lowest BCUT2D eigenvalue weighted by Crippen LogP contribution is -2.33. The fourth-order valence-corrected chi connectivity index (χ4v) is 2.14. The van der Waals surface area contributed by atoms with Gasteiger partial charge >= 0.3 is 0 Å². The van der Waals surface area contributed by atoms with E-state index in [1.54, 1.807) is 0 Å². The van der Waals surface area contributed by atoms with Gasteiger partial charge in [-0.25, -0.2) is 0 Å². The van der Waals surface area contributed by atoms with Crippen LogP contribution in [0.5, 0.6) is 0 Å². The zero-order valence-electron chi connectivity index (χ0n) is 6.74. The quantitative estimate of drug-likeness (QED) is 0.473. The smallest absolute Gasteiger partial charge is 0.128 e. The lowest BCUT2D eigenvalue weighted by molar-refractivity contribution is -0.110. The van der Waals surface area contributed by atoms with Crippen molar-refractivity contribution in [1.82, 2.24) is 0 Å². The minimum absolute atomic E-state index is 0.128. The van der Waals surface area contributed by atoms with Gasteiger partial charge in [-0.1, -0.05) is 24.3 Å². The number of aldehydes is 1. The van der Waals surface area contributed by atoms with E-state index in [-0.39, 0.29) is 5.92 Å². The van der Waals surface area contributed by atoms with Crippen molar-refractivity contribution >= 4 is 17.9 Å². The third kappa shape index (κ3) is 1.13. The summed E-state index contributed by atoms with van der Waals surface area (Å²) in [6.45, 7) is 0. The summed E-state index contributed by atoms with van der Waals surface area (Å²) in [5, 5.41) is 0. The molecular weight excluding hydrogens is 172 g/mol. The Bertz CT molecular complexity index is 253. The predicted octanol–water partition coefficient (Wildman–Crippen LogP) is 2.32. The molecule has 1 nitrogen and oxygen atoms in total. The number of hydrogen-bond donors (Lipinski definition) is 0. The molecule has 0 N–H and O–H groups in total. The molecule has 2 unspecified atom stereocenters. The lowest BCUT2D eigenvalue weighted by Gasteiger charge is -2.29. The van der Waals surface area contributed by atoms with E-state index in [9.17, 15) is 4.79 Å². The van der Waals surface area contributed by atoms with Gasteiger partial charge in [0.05, 0.1) is 10.8 Å². The molecule has 2 atom stereocenters. The molecule has 2 aliphatic carbocycles. The summed E-state index contributed by atoms with van der Waals surface area (Å²) in [7, 11) is 0. The standard InChI is InChI=1S/C10H11ClO/c11-10(8-4-5-8)6-2-1-3-9(10)7-12/h1-3,6-9H,4-5H2. The van der Waals surface area contributed by atoms with Crippen molar-refractivity contribution in [3.63, 3.8) is 0 Å². The van der Waals surface area contributed by atoms with Crippen LogP contribution in [0.15, 0.2) is 24.3 Å². The summed E-state index contributed by atoms with van der Waals surface area (Å²) in [5.74, 6) is 0.382. The first-order chi connectivity index (χ1) is 5.77. The van der Waals surface area contributed by atoms with Gasteiger partial charge < -0.3 is 4.79 Å². The van der Waals surface area contributed by atoms with Crippen LogP contribution in [0.4, 0.5) is 0 Å². The summed E-state index contributed by atoms with van der Waals surface area (Å²) in [6.07, 6.45) is 10.9. The molecule has 12 heavy (non-hydrogen) atoms. The van der Waals surface area contributed by atoms with Gasteiger partial charge in [0.2, 0.25) is 0 Å². The van der Waals surface area contributed by atoms with Crippen LogP contribution < -0.4 is 0 Å². The van der Waals surface area contributed by atoms with Crippen LogP contribution in [0.2, 0.25) is 0 Å². The fraction of sp³-hybridized carbons (Fsp3) is 0.500. The lowest BCUT2D eigenvalue weighted by atomic mass is 9.85. The number of rotatable bonds is 2. The zero-order valence-corrected chi connectivity index (χ0v) is 7.50. The normalized spacial score (nSPS) is 39.9. The molecule has 0 radical (unpaired) electrons. The van der Waals surface area contributed by atoms with Crippen molar-refractivity contribution in [1.29, 1.82) is 0 Å². The Morgan fingerprint density at radius 3 is 2.75 bits per heavy atom. The van der Waals surface area contributed by atoms with E-state index >= 15 is 0 Å². The van der Waals surface area contributed by atoms with Gasteiger partial charge in [-0.3, -0.25) is 0 Å². The SMILES string of the molecule is O=CC1C=CC=CC1(Cl)C1CC1. The Morgan fingerprint density at radius 2 is 2.17 bits per heavy atom. The summed E-state index contributed by atoms with van der Waals surface area (Å²) < 4.78 is 0. The molecule has 0 saturated heterocycles. The van der Waals surface area contributed by atoms with Crippen molar-refractivity contribution < 1.29 is 4.79 Å². The van der Waals surface area contributed by atoms with E-state index in [1.165, 1.54) is 0 Å². The Kier molecular flexibility index (Phi) is 1.84. The molecule has 0 aromatic rings. The number of hydrogen-bond acceptors (Lipinski definition) is 1. The van der Waals surface area contributed by atoms with Crippen LogP contribution in [0.3, 0.4) is 0 Å². The zero-order chi connectivity index (χ0) is 8.60. The topological polar surface area (TPSA) is 17.1 Å². The number of allylic oxidation sites excluding steroid dienone is 4. The second-order valence-corrected chi connectivity index (χ2v) is 4.16. The maximum absolute atomic E-state index is 10.7. The first kappa shape index (κ1) is 8.06. The van der Waals surface area contributed by atoms with Crippen molar-refractivity contribution in [3.05, 3.63) is 24.3 Å². The predicted molar refractivity (Wildman–Crippen MR) is 49.1 cm³/mol. The second kappa shape index (κ2) is 2.74. The monoisotopic (exact) mass is 182 g/mol. The van der Waals surface area contributed by atoms with Gasteiger partial charge in [-0.15, -0.1) is 11.6 Å². The highest BCUT2D eigenvalue weighted by Gasteiger charge is 2.47. The minimum Gasteiger partial charge on any atom is -0.303 e. The van der Waals surface area contributed by atoms with Gasteiger partial charge in [0, 0.05) is 0 Å². The average molecular weight is 183 g/mol. The first-order valence-corrected chi connectivity index (χ1v) is 4.65. The van der Waals surface area contributed by atoms with E-state index in [0.717, 1.165) is 19.1 Å².